The van der Waals surface area contributed by atoms with Crippen molar-refractivity contribution in [2.45, 2.75) is 19.3 Å². The van der Waals surface area contributed by atoms with Gasteiger partial charge in [0.1, 0.15) is 0 Å². The van der Waals surface area contributed by atoms with Gasteiger partial charge in [-0.2, -0.15) is 0 Å². The first-order chi connectivity index (χ1) is 9.63. The molecule has 0 unspecified atom stereocenters. The van der Waals surface area contributed by atoms with Gasteiger partial charge >= 0.3 is 5.97 Å². The Bertz CT molecular complexity index is 801. The Labute approximate surface area is 117 Å². The topological polar surface area (TPSA) is 42.2 Å². The Morgan fingerprint density at radius 1 is 1.15 bits per heavy atom. The van der Waals surface area contributed by atoms with Gasteiger partial charge in [-0.25, -0.2) is 0 Å². The van der Waals surface area contributed by atoms with Crippen molar-refractivity contribution in [3.8, 4) is 0 Å². The molecule has 0 radical (unpaired) electrons. The van der Waals surface area contributed by atoms with E-state index in [0.29, 0.717) is 6.42 Å². The van der Waals surface area contributed by atoms with Gasteiger partial charge in [0.15, 0.2) is 0 Å². The average Bonchev–Trinajstić information content (AvgIpc) is 2.73. The van der Waals surface area contributed by atoms with E-state index >= 15 is 0 Å². The Morgan fingerprint density at radius 3 is 2.55 bits per heavy atom. The van der Waals surface area contributed by atoms with Gasteiger partial charge < -0.3 is 9.67 Å². The van der Waals surface area contributed by atoms with Crippen molar-refractivity contribution in [1.29, 1.82) is 0 Å². The molecule has 1 atom stereocenters. The molecule has 0 saturated carbocycles. The molecule has 1 heterocycles. The molecule has 0 saturated heterocycles. The minimum Gasteiger partial charge on any atom is -0.481 e. The van der Waals surface area contributed by atoms with Crippen LogP contribution in [0.3, 0.4) is 0 Å². The number of aliphatic carboxylic acids is 1. The Morgan fingerprint density at radius 2 is 1.85 bits per heavy atom. The molecular formula is C17H17NO2. The second-order valence-corrected chi connectivity index (χ2v) is 5.15. The Balaban J connectivity index is 2.30. The number of hydrogen-bond acceptors (Lipinski definition) is 1. The molecule has 3 heteroatoms. The minimum absolute atomic E-state index is 0.432. The first kappa shape index (κ1) is 12.7. The van der Waals surface area contributed by atoms with Crippen LogP contribution in [-0.4, -0.2) is 15.6 Å². The zero-order valence-electron chi connectivity index (χ0n) is 11.6. The van der Waals surface area contributed by atoms with E-state index in [1.165, 1.54) is 10.9 Å². The van der Waals surface area contributed by atoms with Crippen molar-refractivity contribution in [1.82, 2.24) is 4.57 Å². The van der Waals surface area contributed by atoms with Crippen LogP contribution in [0.5, 0.6) is 0 Å². The summed E-state index contributed by atoms with van der Waals surface area (Å²) in [4.78, 5) is 11.3. The van der Waals surface area contributed by atoms with Crippen molar-refractivity contribution in [3.05, 3.63) is 48.0 Å². The molecule has 0 spiro atoms. The molecule has 0 aliphatic rings. The summed E-state index contributed by atoms with van der Waals surface area (Å²) in [7, 11) is 2.04. The molecule has 0 bridgehead atoms. The summed E-state index contributed by atoms with van der Waals surface area (Å²) in [5.74, 6) is -1.19. The fourth-order valence-corrected chi connectivity index (χ4v) is 2.96. The summed E-state index contributed by atoms with van der Waals surface area (Å²) in [5.41, 5.74) is 3.18. The van der Waals surface area contributed by atoms with Crippen LogP contribution < -0.4 is 0 Å². The third-order valence-corrected chi connectivity index (χ3v) is 4.05. The standard InChI is InChI=1S/C17H17NO2/c1-3-12(17(19)20)11-8-9-16-14(10-11)13-6-4-5-7-15(13)18(16)2/h4-10,12H,3H2,1-2H3,(H,19,20)/t12-/m0/s1. The van der Waals surface area contributed by atoms with Gasteiger partial charge in [0.05, 0.1) is 5.92 Å². The number of rotatable bonds is 3. The number of benzene rings is 2. The molecule has 0 fully saturated rings. The van der Waals surface area contributed by atoms with Gasteiger partial charge in [0, 0.05) is 28.9 Å². The largest absolute Gasteiger partial charge is 0.481 e. The molecule has 0 aliphatic carbocycles. The molecule has 0 aliphatic heterocycles. The second kappa shape index (κ2) is 4.67. The van der Waals surface area contributed by atoms with Gasteiger partial charge in [0.2, 0.25) is 0 Å². The van der Waals surface area contributed by atoms with Gasteiger partial charge in [-0.1, -0.05) is 31.2 Å². The highest BCUT2D eigenvalue weighted by atomic mass is 16.4. The molecule has 102 valence electrons. The Hall–Kier alpha value is -2.29. The number of hydrogen-bond donors (Lipinski definition) is 1. The van der Waals surface area contributed by atoms with E-state index < -0.39 is 11.9 Å². The number of aromatic nitrogens is 1. The first-order valence-electron chi connectivity index (χ1n) is 6.83. The molecule has 1 aromatic heterocycles. The van der Waals surface area contributed by atoms with E-state index in [0.717, 1.165) is 16.5 Å². The number of aryl methyl sites for hydroxylation is 1. The van der Waals surface area contributed by atoms with Crippen molar-refractivity contribution >= 4 is 27.8 Å². The highest BCUT2D eigenvalue weighted by Crippen LogP contribution is 2.31. The maximum absolute atomic E-state index is 11.3. The lowest BCUT2D eigenvalue weighted by Crippen LogP contribution is -2.10. The van der Waals surface area contributed by atoms with E-state index in [4.69, 9.17) is 0 Å². The van der Waals surface area contributed by atoms with Crippen LogP contribution in [0.15, 0.2) is 42.5 Å². The van der Waals surface area contributed by atoms with E-state index in [1.54, 1.807) is 0 Å². The average molecular weight is 267 g/mol. The van der Waals surface area contributed by atoms with Crippen LogP contribution in [0, 0.1) is 0 Å². The number of carboxylic acids is 1. The van der Waals surface area contributed by atoms with Crippen molar-refractivity contribution < 1.29 is 9.90 Å². The van der Waals surface area contributed by atoms with Crippen LogP contribution in [0.4, 0.5) is 0 Å². The lowest BCUT2D eigenvalue weighted by Gasteiger charge is -2.10. The van der Waals surface area contributed by atoms with E-state index in [9.17, 15) is 9.90 Å². The normalized spacial score (nSPS) is 12.9. The quantitative estimate of drug-likeness (QED) is 0.781. The predicted octanol–water partition coefficient (Wildman–Crippen LogP) is 3.91. The Kier molecular flexibility index (Phi) is 2.97. The van der Waals surface area contributed by atoms with Crippen LogP contribution in [-0.2, 0) is 11.8 Å². The zero-order chi connectivity index (χ0) is 14.3. The van der Waals surface area contributed by atoms with Gasteiger partial charge in [-0.3, -0.25) is 4.79 Å². The number of nitrogens with zero attached hydrogens (tertiary/aromatic N) is 1. The van der Waals surface area contributed by atoms with Crippen LogP contribution in [0.1, 0.15) is 24.8 Å². The summed E-state index contributed by atoms with van der Waals surface area (Å²) in [6.45, 7) is 1.91. The van der Waals surface area contributed by atoms with E-state index in [1.807, 2.05) is 44.3 Å². The summed E-state index contributed by atoms with van der Waals surface area (Å²) in [5, 5.41) is 11.6. The molecule has 3 aromatic rings. The number of carbonyl (C=O) groups is 1. The highest BCUT2D eigenvalue weighted by molar-refractivity contribution is 6.08. The molecule has 1 N–H and O–H groups in total. The molecule has 3 nitrogen and oxygen atoms in total. The van der Waals surface area contributed by atoms with Crippen LogP contribution >= 0.6 is 0 Å². The van der Waals surface area contributed by atoms with Crippen molar-refractivity contribution in [2.24, 2.45) is 7.05 Å². The molecule has 2 aromatic carbocycles. The lowest BCUT2D eigenvalue weighted by atomic mass is 9.95. The highest BCUT2D eigenvalue weighted by Gasteiger charge is 2.18. The molecule has 20 heavy (non-hydrogen) atoms. The summed E-state index contributed by atoms with van der Waals surface area (Å²) in [6, 6.07) is 14.2. The van der Waals surface area contributed by atoms with Crippen LogP contribution in [0.25, 0.3) is 21.8 Å². The second-order valence-electron chi connectivity index (χ2n) is 5.15. The molecular weight excluding hydrogens is 250 g/mol. The molecule has 3 rings (SSSR count). The van der Waals surface area contributed by atoms with E-state index in [-0.39, 0.29) is 0 Å². The summed E-state index contributed by atoms with van der Waals surface area (Å²) >= 11 is 0. The number of para-hydroxylation sites is 1. The monoisotopic (exact) mass is 267 g/mol. The maximum atomic E-state index is 11.3. The fourth-order valence-electron chi connectivity index (χ4n) is 2.96. The van der Waals surface area contributed by atoms with Crippen LogP contribution in [0.2, 0.25) is 0 Å². The first-order valence-corrected chi connectivity index (χ1v) is 6.83. The van der Waals surface area contributed by atoms with E-state index in [2.05, 4.69) is 16.7 Å². The van der Waals surface area contributed by atoms with Gasteiger partial charge in [0.25, 0.3) is 0 Å². The third-order valence-electron chi connectivity index (χ3n) is 4.05. The van der Waals surface area contributed by atoms with Gasteiger partial charge in [-0.05, 0) is 30.2 Å². The maximum Gasteiger partial charge on any atom is 0.310 e. The van der Waals surface area contributed by atoms with Gasteiger partial charge in [-0.15, -0.1) is 0 Å². The van der Waals surface area contributed by atoms with Crippen molar-refractivity contribution in [3.63, 3.8) is 0 Å². The van der Waals surface area contributed by atoms with Crippen molar-refractivity contribution in [2.75, 3.05) is 0 Å². The smallest absolute Gasteiger partial charge is 0.310 e. The summed E-state index contributed by atoms with van der Waals surface area (Å²) < 4.78 is 2.15. The zero-order valence-corrected chi connectivity index (χ0v) is 11.6. The SMILES string of the molecule is CC[C@H](C(=O)O)c1ccc2c(c1)c1ccccc1n2C. The fraction of sp³-hybridized carbons (Fsp3) is 0.235. The molecule has 0 amide bonds. The predicted molar refractivity (Wildman–Crippen MR) is 81.1 cm³/mol. The minimum atomic E-state index is -0.757. The third kappa shape index (κ3) is 1.78. The summed E-state index contributed by atoms with van der Waals surface area (Å²) in [6.07, 6.45) is 0.603. The lowest BCUT2D eigenvalue weighted by molar-refractivity contribution is -0.138. The number of fused-ring (bicyclic) bond motifs is 3. The number of carboxylic acid groups (broad SMARTS) is 1.